The van der Waals surface area contributed by atoms with Crippen LogP contribution in [-0.2, 0) is 0 Å². The number of phenols is 1. The predicted octanol–water partition coefficient (Wildman–Crippen LogP) is -0.0356. The molecule has 2 rings (SSSR count). The molecule has 0 fully saturated rings. The summed E-state index contributed by atoms with van der Waals surface area (Å²) in [7, 11) is 0. The molecule has 16 heavy (non-hydrogen) atoms. The highest BCUT2D eigenvalue weighted by atomic mass is 16.4. The van der Waals surface area contributed by atoms with Gasteiger partial charge in [0.25, 0.3) is 0 Å². The molecule has 1 aromatic heterocycles. The average molecular weight is 221 g/mol. The standard InChI is InChI=1S/C9H7N3O4/c13-7-3-5(1-2-6(7)8(14)15)12-4-10-11-9(12)16/h1-4,13H,(H,11,16)(H,14,15). The van der Waals surface area contributed by atoms with Crippen molar-refractivity contribution in [1.29, 1.82) is 0 Å². The van der Waals surface area contributed by atoms with E-state index in [-0.39, 0.29) is 5.56 Å². The van der Waals surface area contributed by atoms with Crippen molar-refractivity contribution in [1.82, 2.24) is 14.8 Å². The smallest absolute Gasteiger partial charge is 0.347 e. The molecule has 7 nitrogen and oxygen atoms in total. The van der Waals surface area contributed by atoms with E-state index in [4.69, 9.17) is 5.11 Å². The van der Waals surface area contributed by atoms with Gasteiger partial charge >= 0.3 is 11.7 Å². The second kappa shape index (κ2) is 3.54. The molecule has 3 N–H and O–H groups in total. The van der Waals surface area contributed by atoms with Crippen molar-refractivity contribution < 1.29 is 15.0 Å². The van der Waals surface area contributed by atoms with Crippen LogP contribution in [0.1, 0.15) is 10.4 Å². The Morgan fingerprint density at radius 2 is 2.19 bits per heavy atom. The number of nitrogens with zero attached hydrogens (tertiary/aromatic N) is 2. The molecule has 0 saturated heterocycles. The van der Waals surface area contributed by atoms with Crippen molar-refractivity contribution in [2.45, 2.75) is 0 Å². The molecule has 1 heterocycles. The van der Waals surface area contributed by atoms with Crippen LogP contribution in [0.25, 0.3) is 5.69 Å². The monoisotopic (exact) mass is 221 g/mol. The third-order valence-corrected chi connectivity index (χ3v) is 2.04. The van der Waals surface area contributed by atoms with Crippen LogP contribution in [0.15, 0.2) is 29.3 Å². The van der Waals surface area contributed by atoms with E-state index in [1.807, 2.05) is 0 Å². The summed E-state index contributed by atoms with van der Waals surface area (Å²) in [5, 5.41) is 23.8. The highest BCUT2D eigenvalue weighted by molar-refractivity contribution is 5.91. The minimum absolute atomic E-state index is 0.222. The van der Waals surface area contributed by atoms with E-state index in [1.165, 1.54) is 24.5 Å². The molecule has 0 saturated carbocycles. The van der Waals surface area contributed by atoms with Gasteiger partial charge in [-0.2, -0.15) is 5.10 Å². The molecule has 1 aromatic carbocycles. The Bertz CT molecular complexity index is 599. The number of aromatic carboxylic acids is 1. The van der Waals surface area contributed by atoms with Crippen LogP contribution in [0.4, 0.5) is 0 Å². The van der Waals surface area contributed by atoms with E-state index in [0.29, 0.717) is 5.69 Å². The highest BCUT2D eigenvalue weighted by Gasteiger charge is 2.11. The Balaban J connectivity index is 2.54. The minimum atomic E-state index is -1.23. The number of aromatic nitrogens is 3. The van der Waals surface area contributed by atoms with Crippen LogP contribution in [0, 0.1) is 0 Å². The van der Waals surface area contributed by atoms with E-state index in [9.17, 15) is 14.7 Å². The summed E-state index contributed by atoms with van der Waals surface area (Å²) >= 11 is 0. The number of carbonyl (C=O) groups is 1. The van der Waals surface area contributed by atoms with Crippen LogP contribution in [0.2, 0.25) is 0 Å². The zero-order chi connectivity index (χ0) is 11.7. The molecule has 0 amide bonds. The van der Waals surface area contributed by atoms with Gasteiger partial charge in [0.2, 0.25) is 0 Å². The Kier molecular flexibility index (Phi) is 2.20. The molecule has 0 aliphatic heterocycles. The summed E-state index contributed by atoms with van der Waals surface area (Å²) in [6, 6.07) is 3.80. The van der Waals surface area contributed by atoms with Crippen LogP contribution in [0.3, 0.4) is 0 Å². The average Bonchev–Trinajstić information content (AvgIpc) is 2.63. The van der Waals surface area contributed by atoms with E-state index in [0.717, 1.165) is 4.57 Å². The molecule has 0 aliphatic carbocycles. The van der Waals surface area contributed by atoms with Crippen LogP contribution < -0.4 is 5.69 Å². The molecule has 2 aromatic rings. The topological polar surface area (TPSA) is 108 Å². The number of aromatic hydroxyl groups is 1. The fourth-order valence-electron chi connectivity index (χ4n) is 1.28. The van der Waals surface area contributed by atoms with Crippen molar-refractivity contribution in [3.8, 4) is 11.4 Å². The molecule has 7 heteroatoms. The molecule has 0 bridgehead atoms. The minimum Gasteiger partial charge on any atom is -0.507 e. The number of H-pyrrole nitrogens is 1. The van der Waals surface area contributed by atoms with E-state index < -0.39 is 17.4 Å². The van der Waals surface area contributed by atoms with Crippen LogP contribution >= 0.6 is 0 Å². The molecule has 0 aliphatic rings. The normalized spacial score (nSPS) is 10.2. The van der Waals surface area contributed by atoms with Crippen molar-refractivity contribution in [3.05, 3.63) is 40.6 Å². The van der Waals surface area contributed by atoms with Crippen molar-refractivity contribution in [3.63, 3.8) is 0 Å². The number of hydrogen-bond donors (Lipinski definition) is 3. The largest absolute Gasteiger partial charge is 0.507 e. The number of benzene rings is 1. The van der Waals surface area contributed by atoms with Gasteiger partial charge < -0.3 is 10.2 Å². The number of carboxylic acids is 1. The predicted molar refractivity (Wildman–Crippen MR) is 52.8 cm³/mol. The van der Waals surface area contributed by atoms with Crippen LogP contribution in [0.5, 0.6) is 5.75 Å². The van der Waals surface area contributed by atoms with E-state index in [2.05, 4.69) is 10.2 Å². The van der Waals surface area contributed by atoms with Crippen molar-refractivity contribution in [2.24, 2.45) is 0 Å². The van der Waals surface area contributed by atoms with Gasteiger partial charge in [-0.3, -0.25) is 0 Å². The summed E-state index contributed by atoms with van der Waals surface area (Å²) < 4.78 is 1.14. The lowest BCUT2D eigenvalue weighted by Crippen LogP contribution is -2.14. The first-order valence-electron chi connectivity index (χ1n) is 4.28. The molecular weight excluding hydrogens is 214 g/mol. The van der Waals surface area contributed by atoms with Gasteiger partial charge in [-0.25, -0.2) is 19.3 Å². The SMILES string of the molecule is O=C(O)c1ccc(-n2cn[nH]c2=O)cc1O. The van der Waals surface area contributed by atoms with Gasteiger partial charge in [-0.05, 0) is 12.1 Å². The molecule has 0 unspecified atom stereocenters. The zero-order valence-electron chi connectivity index (χ0n) is 7.91. The number of rotatable bonds is 2. The van der Waals surface area contributed by atoms with Crippen LogP contribution in [-0.4, -0.2) is 30.9 Å². The van der Waals surface area contributed by atoms with Crippen molar-refractivity contribution in [2.75, 3.05) is 0 Å². The first kappa shape index (κ1) is 9.97. The molecular formula is C9H7N3O4. The quantitative estimate of drug-likeness (QED) is 0.659. The van der Waals surface area contributed by atoms with Gasteiger partial charge in [0, 0.05) is 6.07 Å². The fraction of sp³-hybridized carbons (Fsp3) is 0. The zero-order valence-corrected chi connectivity index (χ0v) is 7.91. The second-order valence-electron chi connectivity index (χ2n) is 3.04. The second-order valence-corrected chi connectivity index (χ2v) is 3.04. The summed E-state index contributed by atoms with van der Waals surface area (Å²) in [5.74, 6) is -1.64. The summed E-state index contributed by atoms with van der Waals surface area (Å²) in [4.78, 5) is 21.8. The van der Waals surface area contributed by atoms with Crippen molar-refractivity contribution >= 4 is 5.97 Å². The van der Waals surface area contributed by atoms with Gasteiger partial charge in [-0.1, -0.05) is 0 Å². The highest BCUT2D eigenvalue weighted by Crippen LogP contribution is 2.20. The van der Waals surface area contributed by atoms with Gasteiger partial charge in [0.05, 0.1) is 5.69 Å². The Labute approximate surface area is 88.6 Å². The number of nitrogens with one attached hydrogen (secondary N) is 1. The summed E-state index contributed by atoms with van der Waals surface area (Å²) in [6.45, 7) is 0. The van der Waals surface area contributed by atoms with E-state index >= 15 is 0 Å². The number of carboxylic acid groups (broad SMARTS) is 1. The van der Waals surface area contributed by atoms with E-state index in [1.54, 1.807) is 0 Å². The number of hydrogen-bond acceptors (Lipinski definition) is 4. The summed E-state index contributed by atoms with van der Waals surface area (Å²) in [6.07, 6.45) is 1.23. The van der Waals surface area contributed by atoms with Gasteiger partial charge in [-0.15, -0.1) is 0 Å². The molecule has 82 valence electrons. The maximum atomic E-state index is 11.2. The Hall–Kier alpha value is -2.57. The Morgan fingerprint density at radius 3 is 2.69 bits per heavy atom. The van der Waals surface area contributed by atoms with Gasteiger partial charge in [0.1, 0.15) is 17.6 Å². The maximum Gasteiger partial charge on any atom is 0.347 e. The first-order chi connectivity index (χ1) is 7.59. The maximum absolute atomic E-state index is 11.2. The Morgan fingerprint density at radius 1 is 1.44 bits per heavy atom. The van der Waals surface area contributed by atoms with Gasteiger partial charge in [0.15, 0.2) is 0 Å². The third-order valence-electron chi connectivity index (χ3n) is 2.04. The third kappa shape index (κ3) is 1.54. The molecule has 0 spiro atoms. The number of aromatic amines is 1. The lowest BCUT2D eigenvalue weighted by atomic mass is 10.2. The fourth-order valence-corrected chi connectivity index (χ4v) is 1.28. The first-order valence-corrected chi connectivity index (χ1v) is 4.28. The lowest BCUT2D eigenvalue weighted by molar-refractivity contribution is 0.0694. The molecule has 0 atom stereocenters. The lowest BCUT2D eigenvalue weighted by Gasteiger charge is -2.03. The summed E-state index contributed by atoms with van der Waals surface area (Å²) in [5.41, 5.74) is -0.357. The molecule has 0 radical (unpaired) electrons.